The van der Waals surface area contributed by atoms with Gasteiger partial charge in [-0.15, -0.1) is 0 Å². The number of nitrogens with one attached hydrogen (secondary N) is 4. The van der Waals surface area contributed by atoms with Crippen molar-refractivity contribution < 1.29 is 38.2 Å². The van der Waals surface area contributed by atoms with Crippen LogP contribution in [-0.2, 0) is 51.1 Å². The minimum atomic E-state index is -0.641. The van der Waals surface area contributed by atoms with E-state index in [1.54, 1.807) is 16.8 Å². The number of rotatable bonds is 19. The molecule has 8 rings (SSSR count). The summed E-state index contributed by atoms with van der Waals surface area (Å²) in [7, 11) is 1.76. The molecule has 2 aromatic rings. The van der Waals surface area contributed by atoms with E-state index in [0.29, 0.717) is 51.6 Å². The number of hydrogen-bond donors (Lipinski definition) is 4. The molecule has 0 aromatic heterocycles. The highest BCUT2D eigenvalue weighted by atomic mass is 16.5. The fourth-order valence-electron chi connectivity index (χ4n) is 12.6. The quantitative estimate of drug-likeness (QED) is 0.115. The molecule has 10 atom stereocenters. The average molecular weight is 1010 g/mol. The lowest BCUT2D eigenvalue weighted by Crippen LogP contribution is -2.57. The Morgan fingerprint density at radius 1 is 0.635 bits per heavy atom. The van der Waals surface area contributed by atoms with Crippen LogP contribution >= 0.6 is 0 Å². The van der Waals surface area contributed by atoms with Crippen LogP contribution in [0.15, 0.2) is 48.5 Å². The van der Waals surface area contributed by atoms with Crippen molar-refractivity contribution in [2.45, 2.75) is 185 Å². The molecule has 0 bridgehead atoms. The predicted octanol–water partition coefficient (Wildman–Crippen LogP) is 6.45. The zero-order valence-electron chi connectivity index (χ0n) is 44.3. The van der Waals surface area contributed by atoms with Gasteiger partial charge in [0.1, 0.15) is 37.1 Å². The lowest BCUT2D eigenvalue weighted by molar-refractivity contribution is -0.145. The number of carbonyl (C=O) groups excluding carboxylic acids is 6. The van der Waals surface area contributed by atoms with Crippen LogP contribution in [0.2, 0.25) is 0 Å². The first kappa shape index (κ1) is 54.7. The van der Waals surface area contributed by atoms with Crippen molar-refractivity contribution in [1.82, 2.24) is 31.1 Å². The normalized spacial score (nSPS) is 25.2. The minimum Gasteiger partial charge on any atom is -0.363 e. The maximum absolute atomic E-state index is 14.4. The summed E-state index contributed by atoms with van der Waals surface area (Å²) >= 11 is 0. The van der Waals surface area contributed by atoms with Crippen LogP contribution in [0.25, 0.3) is 0 Å². The van der Waals surface area contributed by atoms with Gasteiger partial charge in [0, 0.05) is 44.2 Å². The number of hydrogen-bond acceptors (Lipinski definition) is 9. The van der Waals surface area contributed by atoms with Crippen LogP contribution in [-0.4, -0.2) is 115 Å². The third kappa shape index (κ3) is 13.1. The SMILES string of the molecule is CC[C@H](C)C(=O)N[C@@H](C(=O)N1CCC[C@@H]1C(=O)N[C@@H]1c2ccccc2C[C@H]1OCC#CC#CCO[C@H]1Cc2ccccc2[C@H]1NC(=O)[C@H]1CCCN1C(=O)[C@H](CC(=O)[C@@H](C)NC)C1CCCCC1)C1CCCCC1. The largest absolute Gasteiger partial charge is 0.363 e. The van der Waals surface area contributed by atoms with E-state index in [4.69, 9.17) is 9.47 Å². The van der Waals surface area contributed by atoms with Gasteiger partial charge in [-0.05, 0) is 118 Å². The van der Waals surface area contributed by atoms with E-state index < -0.39 is 36.1 Å². The van der Waals surface area contributed by atoms with Gasteiger partial charge in [0.25, 0.3) is 0 Å². The molecular weight excluding hydrogens is 933 g/mol. The lowest BCUT2D eigenvalue weighted by Gasteiger charge is -2.35. The Balaban J connectivity index is 0.858. The van der Waals surface area contributed by atoms with Gasteiger partial charge in [-0.3, -0.25) is 28.8 Å². The van der Waals surface area contributed by atoms with Crippen LogP contribution in [0.5, 0.6) is 0 Å². The van der Waals surface area contributed by atoms with Crippen LogP contribution < -0.4 is 21.3 Å². The van der Waals surface area contributed by atoms with Gasteiger partial charge in [-0.2, -0.15) is 0 Å². The number of carbonyl (C=O) groups is 6. The van der Waals surface area contributed by atoms with Gasteiger partial charge < -0.3 is 40.5 Å². The Bertz CT molecular complexity index is 2280. The van der Waals surface area contributed by atoms with E-state index >= 15 is 0 Å². The number of likely N-dealkylation sites (N-methyl/N-ethyl adjacent to an activating group) is 1. The fourth-order valence-corrected chi connectivity index (χ4v) is 12.6. The van der Waals surface area contributed by atoms with Crippen LogP contribution in [0.3, 0.4) is 0 Å². The van der Waals surface area contributed by atoms with E-state index in [1.165, 1.54) is 0 Å². The Morgan fingerprint density at radius 3 is 1.62 bits per heavy atom. The Labute approximate surface area is 439 Å². The summed E-state index contributed by atoms with van der Waals surface area (Å²) in [5.74, 6) is 10.7. The highest BCUT2D eigenvalue weighted by Crippen LogP contribution is 2.38. The maximum atomic E-state index is 14.4. The van der Waals surface area contributed by atoms with Crippen LogP contribution in [0.4, 0.5) is 0 Å². The zero-order valence-corrected chi connectivity index (χ0v) is 44.3. The van der Waals surface area contributed by atoms with E-state index in [-0.39, 0.29) is 91.0 Å². The molecule has 398 valence electrons. The second kappa shape index (κ2) is 26.3. The van der Waals surface area contributed by atoms with E-state index in [9.17, 15) is 28.8 Å². The first-order chi connectivity index (χ1) is 36.0. The highest BCUT2D eigenvalue weighted by molar-refractivity contribution is 5.94. The van der Waals surface area contributed by atoms with E-state index in [1.807, 2.05) is 69.3 Å². The van der Waals surface area contributed by atoms with Gasteiger partial charge >= 0.3 is 0 Å². The van der Waals surface area contributed by atoms with Crippen molar-refractivity contribution >= 4 is 35.3 Å². The topological polar surface area (TPSA) is 175 Å². The third-order valence-electron chi connectivity index (χ3n) is 17.2. The second-order valence-electron chi connectivity index (χ2n) is 21.8. The van der Waals surface area contributed by atoms with Gasteiger partial charge in [-0.25, -0.2) is 0 Å². The van der Waals surface area contributed by atoms with E-state index in [2.05, 4.69) is 44.9 Å². The molecule has 4 fully saturated rings. The summed E-state index contributed by atoms with van der Waals surface area (Å²) < 4.78 is 12.7. The number of benzene rings is 2. The molecule has 6 aliphatic rings. The van der Waals surface area contributed by atoms with Gasteiger partial charge in [-0.1, -0.05) is 113 Å². The second-order valence-corrected chi connectivity index (χ2v) is 21.8. The first-order valence-corrected chi connectivity index (χ1v) is 28.0. The number of ketones is 1. The van der Waals surface area contributed by atoms with Crippen molar-refractivity contribution in [2.24, 2.45) is 23.7 Å². The minimum absolute atomic E-state index is 0.0285. The van der Waals surface area contributed by atoms with Crippen molar-refractivity contribution in [3.63, 3.8) is 0 Å². The number of ether oxygens (including phenoxy) is 2. The zero-order chi connectivity index (χ0) is 52.1. The molecule has 0 spiro atoms. The summed E-state index contributed by atoms with van der Waals surface area (Å²) in [5.41, 5.74) is 4.14. The molecule has 2 aromatic carbocycles. The smallest absolute Gasteiger partial charge is 0.246 e. The molecule has 2 saturated heterocycles. The number of likely N-dealkylation sites (tertiary alicyclic amines) is 2. The number of nitrogens with zero attached hydrogens (tertiary/aromatic N) is 2. The predicted molar refractivity (Wildman–Crippen MR) is 283 cm³/mol. The van der Waals surface area contributed by atoms with Crippen LogP contribution in [0, 0.1) is 47.4 Å². The van der Waals surface area contributed by atoms with Crippen LogP contribution in [0.1, 0.15) is 158 Å². The molecule has 14 nitrogen and oxygen atoms in total. The number of amides is 5. The molecule has 2 aliphatic heterocycles. The summed E-state index contributed by atoms with van der Waals surface area (Å²) in [5, 5.41) is 12.7. The Kier molecular flexibility index (Phi) is 19.4. The summed E-state index contributed by atoms with van der Waals surface area (Å²) in [6, 6.07) is 12.9. The summed E-state index contributed by atoms with van der Waals surface area (Å²) in [6.07, 6.45) is 13.9. The Morgan fingerprint density at radius 2 is 1.12 bits per heavy atom. The molecular formula is C60H80N6O8. The molecule has 2 heterocycles. The highest BCUT2D eigenvalue weighted by Gasteiger charge is 2.45. The average Bonchev–Trinajstić information content (AvgIpc) is 4.26. The molecule has 0 unspecified atom stereocenters. The van der Waals surface area contributed by atoms with E-state index in [0.717, 1.165) is 92.9 Å². The third-order valence-corrected chi connectivity index (χ3v) is 17.2. The molecule has 2 saturated carbocycles. The monoisotopic (exact) mass is 1010 g/mol. The van der Waals surface area contributed by atoms with Crippen molar-refractivity contribution in [2.75, 3.05) is 33.4 Å². The molecule has 4 N–H and O–H groups in total. The maximum Gasteiger partial charge on any atom is 0.246 e. The van der Waals surface area contributed by atoms with Crippen molar-refractivity contribution in [1.29, 1.82) is 0 Å². The Hall–Kier alpha value is -5.54. The van der Waals surface area contributed by atoms with Gasteiger partial charge in [0.05, 0.1) is 30.3 Å². The first-order valence-electron chi connectivity index (χ1n) is 28.0. The fraction of sp³-hybridized carbons (Fsp3) is 0.633. The molecule has 74 heavy (non-hydrogen) atoms. The number of fused-ring (bicyclic) bond motifs is 2. The van der Waals surface area contributed by atoms with Gasteiger partial charge in [0.2, 0.25) is 29.5 Å². The standard InChI is InChI=1S/C60H80N6O8/c1-5-39(2)56(68)62-53(42-24-12-9-13-25-42)60(72)66-33-21-31-49(66)58(70)64-55-46-29-17-15-27-44(46)37-52(55)74-35-19-7-6-18-34-73-51-36-43-26-14-16-28-45(43)54(51)63-57(69)48-30-20-32-65(48)59(71)47(38-50(67)40(3)61-4)41-22-10-8-11-23-41/h14-17,26-29,39-42,47-49,51-55,61H,5,8-13,20-25,30-38H2,1-4H3,(H,62,68)(H,63,69)(H,64,70)/t39-,40+,47+,48+,49+,51-,52+,53+,54+,55+/m0/s1. The molecule has 4 aliphatic carbocycles. The summed E-state index contributed by atoms with van der Waals surface area (Å²) in [6.45, 7) is 6.84. The molecule has 14 heteroatoms. The van der Waals surface area contributed by atoms with Crippen molar-refractivity contribution in [3.05, 3.63) is 70.8 Å². The van der Waals surface area contributed by atoms with Gasteiger partial charge in [0.15, 0.2) is 0 Å². The molecule has 0 radical (unpaired) electrons. The summed E-state index contributed by atoms with van der Waals surface area (Å²) in [4.78, 5) is 87.0. The lowest BCUT2D eigenvalue weighted by atomic mass is 9.76. The molecule has 5 amide bonds. The number of Topliss-reactive ketones (excluding diaryl/α,β-unsaturated/α-hetero) is 1. The van der Waals surface area contributed by atoms with Crippen molar-refractivity contribution in [3.8, 4) is 23.7 Å².